The van der Waals surface area contributed by atoms with Crippen LogP contribution in [0.4, 0.5) is 16.2 Å². The highest BCUT2D eigenvalue weighted by Gasteiger charge is 2.15. The summed E-state index contributed by atoms with van der Waals surface area (Å²) in [4.78, 5) is 18.8. The number of rotatable bonds is 5. The minimum Gasteiger partial charge on any atom is -0.356 e. The molecule has 0 radical (unpaired) electrons. The number of hydrogen-bond donors (Lipinski definition) is 4. The van der Waals surface area contributed by atoms with Gasteiger partial charge in [0.05, 0.1) is 6.20 Å². The number of nitrogens with one attached hydrogen (secondary N) is 3. The number of carbonyl (C=O) groups is 1. The molecule has 1 aromatic heterocycles. The van der Waals surface area contributed by atoms with Crippen molar-refractivity contribution in [2.45, 2.75) is 19.9 Å². The van der Waals surface area contributed by atoms with E-state index in [4.69, 9.17) is 5.84 Å². The first-order valence-corrected chi connectivity index (χ1v) is 5.11. The quantitative estimate of drug-likeness (QED) is 0.422. The van der Waals surface area contributed by atoms with Crippen LogP contribution in [0.1, 0.15) is 13.8 Å². The van der Waals surface area contributed by atoms with E-state index < -0.39 is 11.9 Å². The van der Waals surface area contributed by atoms with Crippen molar-refractivity contribution in [2.75, 3.05) is 17.3 Å². The maximum atomic E-state index is 13.3. The number of halogens is 1. The van der Waals surface area contributed by atoms with E-state index in [9.17, 15) is 9.18 Å². The number of likely N-dealkylation sites (N-methyl/N-ethyl adjacent to an activating group) is 1. The van der Waals surface area contributed by atoms with Crippen molar-refractivity contribution < 1.29 is 9.18 Å². The molecule has 17 heavy (non-hydrogen) atoms. The summed E-state index contributed by atoms with van der Waals surface area (Å²) >= 11 is 0. The average molecular weight is 242 g/mol. The van der Waals surface area contributed by atoms with Gasteiger partial charge in [-0.25, -0.2) is 15.2 Å². The van der Waals surface area contributed by atoms with Crippen molar-refractivity contribution in [3.63, 3.8) is 0 Å². The van der Waals surface area contributed by atoms with E-state index in [1.807, 2.05) is 0 Å². The number of aromatic nitrogens is 2. The fourth-order valence-corrected chi connectivity index (χ4v) is 1.14. The second-order valence-electron chi connectivity index (χ2n) is 3.30. The van der Waals surface area contributed by atoms with Crippen molar-refractivity contribution in [2.24, 2.45) is 5.84 Å². The Labute approximate surface area is 98.0 Å². The first kappa shape index (κ1) is 13.1. The van der Waals surface area contributed by atoms with Gasteiger partial charge in [-0.3, -0.25) is 10.2 Å². The molecule has 7 nitrogen and oxygen atoms in total. The highest BCUT2D eigenvalue weighted by Crippen LogP contribution is 2.12. The Morgan fingerprint density at radius 3 is 2.94 bits per heavy atom. The molecule has 0 bridgehead atoms. The summed E-state index contributed by atoms with van der Waals surface area (Å²) in [5, 5.41) is 5.24. The molecule has 0 fully saturated rings. The van der Waals surface area contributed by atoms with Crippen LogP contribution >= 0.6 is 0 Å². The Bertz CT molecular complexity index is 399. The van der Waals surface area contributed by atoms with Gasteiger partial charge in [-0.05, 0) is 13.8 Å². The molecule has 0 saturated heterocycles. The zero-order valence-corrected chi connectivity index (χ0v) is 9.62. The van der Waals surface area contributed by atoms with Crippen LogP contribution in [0.5, 0.6) is 0 Å². The molecule has 1 rings (SSSR count). The van der Waals surface area contributed by atoms with E-state index in [0.717, 1.165) is 6.20 Å². The Kier molecular flexibility index (Phi) is 4.58. The lowest BCUT2D eigenvalue weighted by Crippen LogP contribution is -2.37. The fourth-order valence-electron chi connectivity index (χ4n) is 1.14. The Morgan fingerprint density at radius 2 is 2.35 bits per heavy atom. The topological polar surface area (TPSA) is 105 Å². The first-order valence-electron chi connectivity index (χ1n) is 5.11. The van der Waals surface area contributed by atoms with Gasteiger partial charge in [0.15, 0.2) is 11.6 Å². The molecule has 94 valence electrons. The molecular weight excluding hydrogens is 227 g/mol. The van der Waals surface area contributed by atoms with Crippen molar-refractivity contribution in [3.8, 4) is 0 Å². The van der Waals surface area contributed by atoms with Gasteiger partial charge < -0.3 is 10.6 Å². The van der Waals surface area contributed by atoms with E-state index in [1.165, 1.54) is 0 Å². The number of hydrogen-bond acceptors (Lipinski definition) is 6. The van der Waals surface area contributed by atoms with Crippen molar-refractivity contribution >= 4 is 17.7 Å². The molecule has 1 aromatic rings. The fraction of sp³-hybridized carbons (Fsp3) is 0.444. The largest absolute Gasteiger partial charge is 0.356 e. The van der Waals surface area contributed by atoms with Crippen LogP contribution in [0.25, 0.3) is 0 Å². The van der Waals surface area contributed by atoms with Crippen LogP contribution in [0, 0.1) is 5.82 Å². The zero-order valence-electron chi connectivity index (χ0n) is 9.62. The monoisotopic (exact) mass is 242 g/mol. The van der Waals surface area contributed by atoms with Gasteiger partial charge in [-0.15, -0.1) is 0 Å². The predicted molar refractivity (Wildman–Crippen MR) is 61.6 cm³/mol. The lowest BCUT2D eigenvalue weighted by atomic mass is 10.3. The summed E-state index contributed by atoms with van der Waals surface area (Å²) in [7, 11) is 0. The van der Waals surface area contributed by atoms with Gasteiger partial charge >= 0.3 is 0 Å². The van der Waals surface area contributed by atoms with Gasteiger partial charge in [0, 0.05) is 6.54 Å². The minimum atomic E-state index is -0.653. The SMILES string of the molecule is CCNC(=O)C(C)Nc1nc(NN)ncc1F. The molecule has 0 aliphatic rings. The summed E-state index contributed by atoms with van der Waals surface area (Å²) in [6.45, 7) is 3.90. The number of anilines is 2. The van der Waals surface area contributed by atoms with E-state index in [-0.39, 0.29) is 17.7 Å². The standard InChI is InChI=1S/C9H15FN6O/c1-3-12-8(17)5(2)14-7-6(10)4-13-9(15-7)16-11/h4-5H,3,11H2,1-2H3,(H,12,17)(H2,13,14,15,16). The number of hydrazine groups is 1. The molecule has 0 spiro atoms. The van der Waals surface area contributed by atoms with E-state index >= 15 is 0 Å². The van der Waals surface area contributed by atoms with Gasteiger partial charge in [-0.2, -0.15) is 4.98 Å². The van der Waals surface area contributed by atoms with E-state index in [2.05, 4.69) is 26.0 Å². The normalized spacial score (nSPS) is 11.8. The first-order chi connectivity index (χ1) is 8.08. The van der Waals surface area contributed by atoms with Crippen molar-refractivity contribution in [1.29, 1.82) is 0 Å². The van der Waals surface area contributed by atoms with E-state index in [0.29, 0.717) is 6.54 Å². The second-order valence-corrected chi connectivity index (χ2v) is 3.30. The number of nitrogens with two attached hydrogens (primary N) is 1. The van der Waals surface area contributed by atoms with Gasteiger partial charge in [0.2, 0.25) is 11.9 Å². The van der Waals surface area contributed by atoms with Crippen molar-refractivity contribution in [1.82, 2.24) is 15.3 Å². The lowest BCUT2D eigenvalue weighted by Gasteiger charge is -2.14. The molecule has 8 heteroatoms. The number of carbonyl (C=O) groups excluding carboxylic acids is 1. The Hall–Kier alpha value is -1.96. The molecule has 1 unspecified atom stereocenters. The summed E-state index contributed by atoms with van der Waals surface area (Å²) in [5.41, 5.74) is 2.19. The summed E-state index contributed by atoms with van der Waals surface area (Å²) in [6, 6.07) is -0.607. The molecule has 0 aliphatic carbocycles. The van der Waals surface area contributed by atoms with Gasteiger partial charge in [0.25, 0.3) is 0 Å². The summed E-state index contributed by atoms with van der Waals surface area (Å²) in [6.07, 6.45) is 0.967. The second kappa shape index (κ2) is 5.94. The molecule has 1 amide bonds. The van der Waals surface area contributed by atoms with Crippen LogP contribution in [0.3, 0.4) is 0 Å². The van der Waals surface area contributed by atoms with Gasteiger partial charge in [-0.1, -0.05) is 0 Å². The lowest BCUT2D eigenvalue weighted by molar-refractivity contribution is -0.121. The number of nitrogen functional groups attached to an aromatic ring is 1. The Morgan fingerprint density at radius 1 is 1.65 bits per heavy atom. The van der Waals surface area contributed by atoms with Crippen LogP contribution in [-0.4, -0.2) is 28.5 Å². The van der Waals surface area contributed by atoms with Crippen LogP contribution in [0.2, 0.25) is 0 Å². The maximum absolute atomic E-state index is 13.3. The number of nitrogens with zero attached hydrogens (tertiary/aromatic N) is 2. The molecule has 5 N–H and O–H groups in total. The zero-order chi connectivity index (χ0) is 12.8. The summed E-state index contributed by atoms with van der Waals surface area (Å²) in [5.74, 6) is 4.20. The molecule has 0 aromatic carbocycles. The smallest absolute Gasteiger partial charge is 0.242 e. The van der Waals surface area contributed by atoms with Crippen LogP contribution in [-0.2, 0) is 4.79 Å². The highest BCUT2D eigenvalue weighted by atomic mass is 19.1. The average Bonchev–Trinajstić information content (AvgIpc) is 2.32. The molecule has 0 saturated carbocycles. The third-order valence-electron chi connectivity index (χ3n) is 1.97. The van der Waals surface area contributed by atoms with Crippen LogP contribution in [0.15, 0.2) is 6.20 Å². The van der Waals surface area contributed by atoms with Gasteiger partial charge in [0.1, 0.15) is 6.04 Å². The van der Waals surface area contributed by atoms with Crippen molar-refractivity contribution in [3.05, 3.63) is 12.0 Å². The Balaban J connectivity index is 2.76. The third kappa shape index (κ3) is 3.52. The predicted octanol–water partition coefficient (Wildman–Crippen LogP) is -0.162. The maximum Gasteiger partial charge on any atom is 0.242 e. The van der Waals surface area contributed by atoms with E-state index in [1.54, 1.807) is 13.8 Å². The minimum absolute atomic E-state index is 0.0667. The highest BCUT2D eigenvalue weighted by molar-refractivity contribution is 5.83. The molecule has 1 atom stereocenters. The molecule has 0 aliphatic heterocycles. The third-order valence-corrected chi connectivity index (χ3v) is 1.97. The molecule has 1 heterocycles. The molecular formula is C9H15FN6O. The number of amides is 1. The summed E-state index contributed by atoms with van der Waals surface area (Å²) < 4.78 is 13.3. The van der Waals surface area contributed by atoms with Crippen LogP contribution < -0.4 is 21.9 Å².